The van der Waals surface area contributed by atoms with Gasteiger partial charge in [0.05, 0.1) is 16.7 Å². The molecule has 2 rings (SSSR count). The Hall–Kier alpha value is -0.780. The van der Waals surface area contributed by atoms with E-state index in [2.05, 4.69) is 0 Å². The molecule has 1 aromatic rings. The third-order valence-corrected chi connectivity index (χ3v) is 3.38. The van der Waals surface area contributed by atoms with Crippen LogP contribution in [0.25, 0.3) is 0 Å². The molecule has 0 heterocycles. The number of hydrogen-bond acceptors (Lipinski definition) is 2. The van der Waals surface area contributed by atoms with E-state index in [-0.39, 0.29) is 17.9 Å². The number of benzene rings is 1. The van der Waals surface area contributed by atoms with Gasteiger partial charge in [-0.05, 0) is 30.5 Å². The maximum atomic E-state index is 12.6. The van der Waals surface area contributed by atoms with Crippen molar-refractivity contribution in [3.63, 3.8) is 0 Å². The monoisotopic (exact) mass is 265 g/mol. The first-order valence-corrected chi connectivity index (χ1v) is 5.44. The van der Waals surface area contributed by atoms with E-state index >= 15 is 0 Å². The Balaban J connectivity index is 2.39. The Morgan fingerprint density at radius 1 is 1.35 bits per heavy atom. The lowest BCUT2D eigenvalue weighted by molar-refractivity contribution is -0.137. The van der Waals surface area contributed by atoms with Crippen molar-refractivity contribution >= 4 is 11.6 Å². The van der Waals surface area contributed by atoms with E-state index in [0.29, 0.717) is 5.56 Å². The zero-order valence-electron chi connectivity index (χ0n) is 8.76. The van der Waals surface area contributed by atoms with Crippen molar-refractivity contribution in [3.05, 3.63) is 34.3 Å². The molecule has 0 radical (unpaired) electrons. The van der Waals surface area contributed by atoms with Crippen LogP contribution < -0.4 is 5.73 Å². The summed E-state index contributed by atoms with van der Waals surface area (Å²) >= 11 is 5.51. The molecule has 0 atom stereocenters. The van der Waals surface area contributed by atoms with Crippen LogP contribution in [0.1, 0.15) is 24.0 Å². The number of hydrogen-bond donors (Lipinski definition) is 2. The van der Waals surface area contributed by atoms with Gasteiger partial charge in [-0.15, -0.1) is 0 Å². The first kappa shape index (κ1) is 12.7. The van der Waals surface area contributed by atoms with Crippen molar-refractivity contribution in [1.29, 1.82) is 0 Å². The van der Waals surface area contributed by atoms with Crippen LogP contribution in [0.15, 0.2) is 18.2 Å². The molecular formula is C11H11ClF3NO. The van der Waals surface area contributed by atoms with Crippen LogP contribution in [0.3, 0.4) is 0 Å². The molecule has 0 amide bonds. The van der Waals surface area contributed by atoms with Gasteiger partial charge in [0.2, 0.25) is 0 Å². The fourth-order valence-corrected chi connectivity index (χ4v) is 2.29. The van der Waals surface area contributed by atoms with E-state index in [1.165, 1.54) is 12.1 Å². The second-order valence-corrected chi connectivity index (χ2v) is 4.82. The molecule has 1 aromatic carbocycles. The van der Waals surface area contributed by atoms with Crippen LogP contribution in [-0.4, -0.2) is 11.2 Å². The summed E-state index contributed by atoms with van der Waals surface area (Å²) in [5.41, 5.74) is 4.51. The highest BCUT2D eigenvalue weighted by atomic mass is 35.5. The van der Waals surface area contributed by atoms with E-state index in [4.69, 9.17) is 17.3 Å². The quantitative estimate of drug-likeness (QED) is 0.820. The molecule has 1 aliphatic carbocycles. The smallest absolute Gasteiger partial charge is 0.393 e. The van der Waals surface area contributed by atoms with Crippen molar-refractivity contribution < 1.29 is 18.3 Å². The fourth-order valence-electron chi connectivity index (χ4n) is 2.07. The second kappa shape index (κ2) is 3.86. The molecular weight excluding hydrogens is 255 g/mol. The van der Waals surface area contributed by atoms with Gasteiger partial charge in [0.1, 0.15) is 0 Å². The Labute approximate surface area is 101 Å². The number of nitrogens with two attached hydrogens (primary N) is 1. The van der Waals surface area contributed by atoms with E-state index in [0.717, 1.165) is 6.07 Å². The summed E-state index contributed by atoms with van der Waals surface area (Å²) in [6.07, 6.45) is -4.49. The summed E-state index contributed by atoms with van der Waals surface area (Å²) < 4.78 is 37.9. The van der Waals surface area contributed by atoms with Crippen molar-refractivity contribution in [1.82, 2.24) is 0 Å². The lowest BCUT2D eigenvalue weighted by Crippen LogP contribution is -2.51. The van der Waals surface area contributed by atoms with Gasteiger partial charge < -0.3 is 10.8 Å². The van der Waals surface area contributed by atoms with Gasteiger partial charge >= 0.3 is 6.18 Å². The van der Waals surface area contributed by atoms with Gasteiger partial charge in [0, 0.05) is 5.54 Å². The summed E-state index contributed by atoms with van der Waals surface area (Å²) in [4.78, 5) is 0. The minimum Gasteiger partial charge on any atom is -0.393 e. The predicted molar refractivity (Wildman–Crippen MR) is 57.6 cm³/mol. The van der Waals surface area contributed by atoms with Crippen LogP contribution in [0.5, 0.6) is 0 Å². The molecule has 2 nitrogen and oxygen atoms in total. The number of aliphatic hydroxyl groups excluding tert-OH is 1. The average Bonchev–Trinajstić information content (AvgIpc) is 2.14. The van der Waals surface area contributed by atoms with E-state index in [1.807, 2.05) is 0 Å². The van der Waals surface area contributed by atoms with E-state index in [9.17, 15) is 18.3 Å². The Morgan fingerprint density at radius 2 is 1.94 bits per heavy atom. The summed E-state index contributed by atoms with van der Waals surface area (Å²) in [7, 11) is 0. The minimum absolute atomic E-state index is 0.270. The Bertz CT molecular complexity index is 441. The standard InChI is InChI=1S/C11H11ClF3NO/c12-9-2-1-6(3-8(9)11(13,14)15)10(16)4-7(17)5-10/h1-3,7,17H,4-5,16H2. The van der Waals surface area contributed by atoms with Crippen molar-refractivity contribution in [3.8, 4) is 0 Å². The summed E-state index contributed by atoms with van der Waals surface area (Å²) in [6.45, 7) is 0. The van der Waals surface area contributed by atoms with E-state index < -0.39 is 23.4 Å². The molecule has 17 heavy (non-hydrogen) atoms. The number of alkyl halides is 3. The van der Waals surface area contributed by atoms with Gasteiger partial charge in [-0.2, -0.15) is 13.2 Å². The largest absolute Gasteiger partial charge is 0.417 e. The molecule has 0 aliphatic heterocycles. The summed E-state index contributed by atoms with van der Waals surface area (Å²) in [5, 5.41) is 8.86. The van der Waals surface area contributed by atoms with Crippen molar-refractivity contribution in [2.24, 2.45) is 5.73 Å². The average molecular weight is 266 g/mol. The molecule has 0 bridgehead atoms. The molecule has 1 saturated carbocycles. The van der Waals surface area contributed by atoms with Crippen LogP contribution in [0.4, 0.5) is 13.2 Å². The van der Waals surface area contributed by atoms with Gasteiger partial charge in [0.15, 0.2) is 0 Å². The topological polar surface area (TPSA) is 46.2 Å². The number of rotatable bonds is 1. The van der Waals surface area contributed by atoms with Gasteiger partial charge in [0.25, 0.3) is 0 Å². The van der Waals surface area contributed by atoms with Crippen LogP contribution in [0.2, 0.25) is 5.02 Å². The highest BCUT2D eigenvalue weighted by Crippen LogP contribution is 2.42. The highest BCUT2D eigenvalue weighted by Gasteiger charge is 2.43. The Morgan fingerprint density at radius 3 is 2.41 bits per heavy atom. The maximum absolute atomic E-state index is 12.6. The lowest BCUT2D eigenvalue weighted by atomic mass is 9.70. The highest BCUT2D eigenvalue weighted by molar-refractivity contribution is 6.31. The van der Waals surface area contributed by atoms with Crippen LogP contribution in [0, 0.1) is 0 Å². The second-order valence-electron chi connectivity index (χ2n) is 4.41. The number of aliphatic hydroxyl groups is 1. The molecule has 1 fully saturated rings. The van der Waals surface area contributed by atoms with Crippen LogP contribution >= 0.6 is 11.6 Å². The normalized spacial score (nSPS) is 28.9. The molecule has 1 aliphatic rings. The molecule has 0 unspecified atom stereocenters. The zero-order chi connectivity index (χ0) is 12.8. The molecule has 0 saturated heterocycles. The van der Waals surface area contributed by atoms with Crippen molar-refractivity contribution in [2.45, 2.75) is 30.7 Å². The summed E-state index contributed by atoms with van der Waals surface area (Å²) in [6, 6.07) is 3.64. The lowest BCUT2D eigenvalue weighted by Gasteiger charge is -2.42. The maximum Gasteiger partial charge on any atom is 0.417 e. The zero-order valence-corrected chi connectivity index (χ0v) is 9.52. The molecule has 0 aromatic heterocycles. The fraction of sp³-hybridized carbons (Fsp3) is 0.455. The SMILES string of the molecule is NC1(c2ccc(Cl)c(C(F)(F)F)c2)CC(O)C1. The first-order valence-electron chi connectivity index (χ1n) is 5.06. The van der Waals surface area contributed by atoms with Gasteiger partial charge in [-0.1, -0.05) is 17.7 Å². The van der Waals surface area contributed by atoms with Crippen LogP contribution in [-0.2, 0) is 11.7 Å². The van der Waals surface area contributed by atoms with Gasteiger partial charge in [-0.25, -0.2) is 0 Å². The molecule has 94 valence electrons. The third-order valence-electron chi connectivity index (χ3n) is 3.05. The molecule has 3 N–H and O–H groups in total. The first-order chi connectivity index (χ1) is 7.72. The van der Waals surface area contributed by atoms with E-state index in [1.54, 1.807) is 0 Å². The Kier molecular flexibility index (Phi) is 2.88. The third kappa shape index (κ3) is 2.27. The summed E-state index contributed by atoms with van der Waals surface area (Å²) in [5.74, 6) is 0. The molecule has 0 spiro atoms. The number of halogens is 4. The molecule has 6 heteroatoms. The minimum atomic E-state index is -4.49. The van der Waals surface area contributed by atoms with Gasteiger partial charge in [-0.3, -0.25) is 0 Å². The predicted octanol–water partition coefficient (Wildman–Crippen LogP) is 2.67. The van der Waals surface area contributed by atoms with Crippen molar-refractivity contribution in [2.75, 3.05) is 0 Å².